The lowest BCUT2D eigenvalue weighted by Crippen LogP contribution is -2.41. The van der Waals surface area contributed by atoms with Crippen molar-refractivity contribution in [1.82, 2.24) is 9.88 Å². The third-order valence-corrected chi connectivity index (χ3v) is 7.62. The molecular formula is C30H31F4N3O3. The fraction of sp³-hybridized carbons (Fsp3) is 0.400. The molecule has 2 aromatic carbocycles. The van der Waals surface area contributed by atoms with Gasteiger partial charge in [0.15, 0.2) is 17.5 Å². The van der Waals surface area contributed by atoms with Gasteiger partial charge in [-0.25, -0.2) is 17.6 Å². The van der Waals surface area contributed by atoms with Crippen LogP contribution in [0.2, 0.25) is 0 Å². The van der Waals surface area contributed by atoms with E-state index in [9.17, 15) is 23.1 Å². The van der Waals surface area contributed by atoms with E-state index in [0.29, 0.717) is 66.7 Å². The Balaban J connectivity index is 1.45. The van der Waals surface area contributed by atoms with Crippen LogP contribution in [0.5, 0.6) is 5.75 Å². The number of aliphatic carboxylic acids is 1. The minimum absolute atomic E-state index is 0.0284. The lowest BCUT2D eigenvalue weighted by atomic mass is 9.71. The standard InChI is InChI=1S/C30H31F4N3O3/c1-40-21-4-5-26-22(15-21)28(20(17-35)18-36-26)23(31)6-7-30(16-27(38)39)8-11-37(12-9-30)10-2-3-19-13-24(32)29(34)25(33)14-19/h4-5,13-15,18,23H,6-12,16-17,35H2,1H3,(H,38,39)/t23-/m1/s1. The zero-order valence-electron chi connectivity index (χ0n) is 22.2. The van der Waals surface area contributed by atoms with Crippen molar-refractivity contribution < 1.29 is 32.2 Å². The smallest absolute Gasteiger partial charge is 0.303 e. The number of aromatic nitrogens is 1. The number of fused-ring (bicyclic) bond motifs is 1. The molecule has 0 aliphatic carbocycles. The van der Waals surface area contributed by atoms with E-state index in [1.54, 1.807) is 24.4 Å². The van der Waals surface area contributed by atoms with E-state index in [1.807, 2.05) is 4.90 Å². The van der Waals surface area contributed by atoms with Gasteiger partial charge in [-0.05, 0) is 80.1 Å². The number of nitrogens with two attached hydrogens (primary N) is 1. The summed E-state index contributed by atoms with van der Waals surface area (Å²) in [5.74, 6) is 0.972. The lowest BCUT2D eigenvalue weighted by Gasteiger charge is -2.41. The van der Waals surface area contributed by atoms with Crippen molar-refractivity contribution in [3.63, 3.8) is 0 Å². The number of alkyl halides is 1. The molecule has 3 aromatic rings. The molecule has 0 saturated carbocycles. The molecule has 1 aliphatic rings. The highest BCUT2D eigenvalue weighted by atomic mass is 19.2. The Hall–Kier alpha value is -3.68. The van der Waals surface area contributed by atoms with Gasteiger partial charge in [0.25, 0.3) is 0 Å². The van der Waals surface area contributed by atoms with Gasteiger partial charge < -0.3 is 15.6 Å². The average Bonchev–Trinajstić information content (AvgIpc) is 2.94. The molecule has 1 aliphatic heterocycles. The Bertz CT molecular complexity index is 1420. The summed E-state index contributed by atoms with van der Waals surface area (Å²) in [5.41, 5.74) is 7.02. The second kappa shape index (κ2) is 12.7. The largest absolute Gasteiger partial charge is 0.497 e. The number of pyridine rings is 1. The van der Waals surface area contributed by atoms with Gasteiger partial charge in [-0.3, -0.25) is 14.7 Å². The highest BCUT2D eigenvalue weighted by molar-refractivity contribution is 5.85. The number of halogens is 4. The molecule has 10 heteroatoms. The van der Waals surface area contributed by atoms with Crippen LogP contribution in [0.4, 0.5) is 17.6 Å². The van der Waals surface area contributed by atoms with Crippen LogP contribution in [0.15, 0.2) is 36.5 Å². The van der Waals surface area contributed by atoms with E-state index >= 15 is 4.39 Å². The molecule has 0 bridgehead atoms. The summed E-state index contributed by atoms with van der Waals surface area (Å²) < 4.78 is 61.2. The highest BCUT2D eigenvalue weighted by Gasteiger charge is 2.37. The molecule has 1 atom stereocenters. The van der Waals surface area contributed by atoms with Crippen molar-refractivity contribution in [2.24, 2.45) is 11.1 Å². The van der Waals surface area contributed by atoms with Gasteiger partial charge in [0.2, 0.25) is 0 Å². The number of piperidine rings is 1. The molecule has 4 rings (SSSR count). The maximum atomic E-state index is 15.9. The van der Waals surface area contributed by atoms with E-state index in [4.69, 9.17) is 10.5 Å². The number of methoxy groups -OCH3 is 1. The van der Waals surface area contributed by atoms with Gasteiger partial charge in [-0.2, -0.15) is 0 Å². The Labute approximate surface area is 230 Å². The predicted molar refractivity (Wildman–Crippen MR) is 143 cm³/mol. The Morgan fingerprint density at radius 2 is 1.90 bits per heavy atom. The SMILES string of the molecule is COc1ccc2ncc(CN)c([C@H](F)CCC3(CC(=O)O)CCN(CC#Cc4cc(F)c(F)c(F)c4)CC3)c2c1. The number of hydrogen-bond donors (Lipinski definition) is 2. The van der Waals surface area contributed by atoms with Crippen molar-refractivity contribution in [3.05, 3.63) is 70.7 Å². The topological polar surface area (TPSA) is 88.7 Å². The summed E-state index contributed by atoms with van der Waals surface area (Å²) in [6.07, 6.45) is 1.68. The van der Waals surface area contributed by atoms with Crippen molar-refractivity contribution in [2.75, 3.05) is 26.7 Å². The summed E-state index contributed by atoms with van der Waals surface area (Å²) >= 11 is 0. The molecule has 0 amide bonds. The molecule has 1 saturated heterocycles. The second-order valence-corrected chi connectivity index (χ2v) is 10.2. The zero-order valence-corrected chi connectivity index (χ0v) is 22.2. The van der Waals surface area contributed by atoms with Crippen molar-refractivity contribution in [3.8, 4) is 17.6 Å². The molecule has 212 valence electrons. The molecule has 6 nitrogen and oxygen atoms in total. The maximum absolute atomic E-state index is 15.9. The Kier molecular flexibility index (Phi) is 9.28. The summed E-state index contributed by atoms with van der Waals surface area (Å²) in [6.45, 7) is 1.48. The quantitative estimate of drug-likeness (QED) is 0.205. The highest BCUT2D eigenvalue weighted by Crippen LogP contribution is 2.43. The summed E-state index contributed by atoms with van der Waals surface area (Å²) in [6, 6.07) is 6.93. The molecule has 0 radical (unpaired) electrons. The number of hydrogen-bond acceptors (Lipinski definition) is 5. The van der Waals surface area contributed by atoms with Gasteiger partial charge in [-0.15, -0.1) is 0 Å². The second-order valence-electron chi connectivity index (χ2n) is 10.2. The number of likely N-dealkylation sites (tertiary alicyclic amines) is 1. The van der Waals surface area contributed by atoms with Crippen molar-refractivity contribution >= 4 is 16.9 Å². The molecular weight excluding hydrogens is 526 g/mol. The third kappa shape index (κ3) is 6.72. The van der Waals surface area contributed by atoms with Crippen LogP contribution in [0.1, 0.15) is 55.0 Å². The fourth-order valence-corrected chi connectivity index (χ4v) is 5.37. The first-order valence-electron chi connectivity index (χ1n) is 13.0. The van der Waals surface area contributed by atoms with Crippen LogP contribution < -0.4 is 10.5 Å². The van der Waals surface area contributed by atoms with E-state index in [2.05, 4.69) is 16.8 Å². The van der Waals surface area contributed by atoms with Gasteiger partial charge in [0.05, 0.1) is 25.6 Å². The monoisotopic (exact) mass is 557 g/mol. The summed E-state index contributed by atoms with van der Waals surface area (Å²) in [5, 5.41) is 10.3. The lowest BCUT2D eigenvalue weighted by molar-refractivity contribution is -0.141. The third-order valence-electron chi connectivity index (χ3n) is 7.62. The summed E-state index contributed by atoms with van der Waals surface area (Å²) in [7, 11) is 1.53. The first-order valence-corrected chi connectivity index (χ1v) is 13.0. The molecule has 0 unspecified atom stereocenters. The van der Waals surface area contributed by atoms with E-state index in [0.717, 1.165) is 12.1 Å². The minimum Gasteiger partial charge on any atom is -0.497 e. The number of ether oxygens (including phenoxy) is 1. The zero-order chi connectivity index (χ0) is 28.9. The van der Waals surface area contributed by atoms with Gasteiger partial charge in [-0.1, -0.05) is 11.8 Å². The molecule has 1 fully saturated rings. The van der Waals surface area contributed by atoms with Gasteiger partial charge in [0.1, 0.15) is 11.9 Å². The van der Waals surface area contributed by atoms with Crippen LogP contribution in [-0.4, -0.2) is 47.7 Å². The van der Waals surface area contributed by atoms with Crippen LogP contribution in [-0.2, 0) is 11.3 Å². The Morgan fingerprint density at radius 1 is 1.20 bits per heavy atom. The van der Waals surface area contributed by atoms with Crippen LogP contribution in [0.25, 0.3) is 10.9 Å². The van der Waals surface area contributed by atoms with Gasteiger partial charge >= 0.3 is 5.97 Å². The number of carboxylic acid groups (broad SMARTS) is 1. The molecule has 0 spiro atoms. The van der Waals surface area contributed by atoms with E-state index < -0.39 is 35.0 Å². The maximum Gasteiger partial charge on any atom is 0.303 e. The number of carboxylic acids is 1. The van der Waals surface area contributed by atoms with E-state index in [1.165, 1.54) is 7.11 Å². The molecule has 1 aromatic heterocycles. The molecule has 40 heavy (non-hydrogen) atoms. The minimum atomic E-state index is -1.54. The van der Waals surface area contributed by atoms with E-state index in [-0.39, 0.29) is 24.9 Å². The normalized spacial score (nSPS) is 15.8. The number of carbonyl (C=O) groups is 1. The number of benzene rings is 2. The number of nitrogens with zero attached hydrogens (tertiary/aromatic N) is 2. The number of rotatable bonds is 9. The van der Waals surface area contributed by atoms with Crippen LogP contribution in [0, 0.1) is 34.7 Å². The van der Waals surface area contributed by atoms with Crippen molar-refractivity contribution in [2.45, 2.75) is 44.8 Å². The fourth-order valence-electron chi connectivity index (χ4n) is 5.37. The van der Waals surface area contributed by atoms with Crippen molar-refractivity contribution in [1.29, 1.82) is 0 Å². The van der Waals surface area contributed by atoms with Gasteiger partial charge in [0, 0.05) is 29.3 Å². The summed E-state index contributed by atoms with van der Waals surface area (Å²) in [4.78, 5) is 18.2. The molecule has 2 heterocycles. The van der Waals surface area contributed by atoms with Crippen LogP contribution in [0.3, 0.4) is 0 Å². The first-order chi connectivity index (χ1) is 19.1. The average molecular weight is 558 g/mol. The molecule has 3 N–H and O–H groups in total. The Morgan fingerprint density at radius 3 is 2.52 bits per heavy atom. The van der Waals surface area contributed by atoms with Crippen LogP contribution >= 0.6 is 0 Å². The predicted octanol–water partition coefficient (Wildman–Crippen LogP) is 5.52. The first kappa shape index (κ1) is 29.3.